The van der Waals surface area contributed by atoms with Crippen molar-refractivity contribution < 1.29 is 9.13 Å². The van der Waals surface area contributed by atoms with E-state index in [9.17, 15) is 0 Å². The van der Waals surface area contributed by atoms with Gasteiger partial charge >= 0.3 is 0 Å². The van der Waals surface area contributed by atoms with Crippen LogP contribution < -0.4 is 18.9 Å². The van der Waals surface area contributed by atoms with Crippen LogP contribution in [0, 0.1) is 0 Å². The zero-order valence-corrected chi connectivity index (χ0v) is 31.6. The van der Waals surface area contributed by atoms with Crippen LogP contribution in [0.15, 0.2) is 73.3 Å². The Hall–Kier alpha value is -3.48. The zero-order chi connectivity index (χ0) is 33.9. The number of hydrogen-bond acceptors (Lipinski definition) is 4. The van der Waals surface area contributed by atoms with Crippen molar-refractivity contribution >= 4 is 56.3 Å². The highest BCUT2D eigenvalue weighted by atomic mass is 33.1. The number of pyridine rings is 2. The van der Waals surface area contributed by atoms with Crippen LogP contribution in [0.4, 0.5) is 11.4 Å². The summed E-state index contributed by atoms with van der Waals surface area (Å²) in [6.45, 7) is 11.5. The summed E-state index contributed by atoms with van der Waals surface area (Å²) in [5.74, 6) is 2.21. The van der Waals surface area contributed by atoms with Crippen LogP contribution in [0.2, 0.25) is 0 Å². The van der Waals surface area contributed by atoms with Crippen LogP contribution in [0.5, 0.6) is 0 Å². The van der Waals surface area contributed by atoms with E-state index in [0.717, 1.165) is 24.6 Å². The minimum Gasteiger partial charge on any atom is -0.371 e. The topological polar surface area (TPSA) is 14.2 Å². The standard InChI is InChI=1S/C44H52N4S2/c1-33(27-35-29-39-7-3-15-47-16-4-8-40(30-35)43(39)47)37-11-19-45(20-12-37)23-25-49-50-26-24-46-21-13-38(14-22-46)34(2)28-36-31-41-9-5-17-48-18-6-10-42(32-36)44(41)48/h11-14,19-22,27-32H,3-10,15-18,23-26H2,1-2H3/q+2. The molecule has 4 nitrogen and oxygen atoms in total. The average molecular weight is 701 g/mol. The fourth-order valence-electron chi connectivity index (χ4n) is 8.64. The molecule has 8 rings (SSSR count). The van der Waals surface area contributed by atoms with Crippen LogP contribution in [-0.2, 0) is 38.8 Å². The van der Waals surface area contributed by atoms with Crippen molar-refractivity contribution in [3.8, 4) is 0 Å². The highest BCUT2D eigenvalue weighted by Crippen LogP contribution is 2.38. The Balaban J connectivity index is 0.786. The highest BCUT2D eigenvalue weighted by molar-refractivity contribution is 8.76. The van der Waals surface area contributed by atoms with E-state index in [1.807, 2.05) is 21.6 Å². The van der Waals surface area contributed by atoms with Crippen LogP contribution in [-0.4, -0.2) is 37.7 Å². The molecule has 50 heavy (non-hydrogen) atoms. The van der Waals surface area contributed by atoms with E-state index < -0.39 is 0 Å². The molecule has 2 aromatic carbocycles. The van der Waals surface area contributed by atoms with E-state index >= 15 is 0 Å². The Kier molecular flexibility index (Phi) is 10.4. The summed E-state index contributed by atoms with van der Waals surface area (Å²) in [7, 11) is 3.96. The molecule has 0 amide bonds. The third kappa shape index (κ3) is 7.57. The lowest BCUT2D eigenvalue weighted by atomic mass is 9.89. The zero-order valence-electron chi connectivity index (χ0n) is 30.0. The molecular weight excluding hydrogens is 649 g/mol. The Labute approximate surface area is 307 Å². The van der Waals surface area contributed by atoms with Crippen molar-refractivity contribution in [1.82, 2.24) is 0 Å². The number of benzene rings is 2. The minimum atomic E-state index is 1.03. The maximum absolute atomic E-state index is 2.63. The molecule has 6 heterocycles. The number of aryl methyl sites for hydroxylation is 6. The largest absolute Gasteiger partial charge is 0.371 e. The van der Waals surface area contributed by atoms with E-state index in [1.165, 1.54) is 111 Å². The van der Waals surface area contributed by atoms with E-state index in [2.05, 4.69) is 118 Å². The van der Waals surface area contributed by atoms with Gasteiger partial charge in [0.25, 0.3) is 0 Å². The summed E-state index contributed by atoms with van der Waals surface area (Å²) in [4.78, 5) is 5.25. The van der Waals surface area contributed by atoms with Gasteiger partial charge < -0.3 is 9.80 Å². The second kappa shape index (κ2) is 15.4. The molecule has 4 aromatic rings. The van der Waals surface area contributed by atoms with E-state index in [-0.39, 0.29) is 0 Å². The number of rotatable bonds is 11. The van der Waals surface area contributed by atoms with Gasteiger partial charge in [-0.05, 0) is 145 Å². The molecule has 0 aliphatic carbocycles. The van der Waals surface area contributed by atoms with E-state index in [0.29, 0.717) is 0 Å². The number of aromatic nitrogens is 2. The summed E-state index contributed by atoms with van der Waals surface area (Å²) in [6.07, 6.45) is 23.8. The third-order valence-corrected chi connectivity index (χ3v) is 13.5. The van der Waals surface area contributed by atoms with Gasteiger partial charge in [-0.2, -0.15) is 0 Å². The third-order valence-electron chi connectivity index (χ3n) is 11.1. The summed E-state index contributed by atoms with van der Waals surface area (Å²) < 4.78 is 4.64. The monoisotopic (exact) mass is 700 g/mol. The van der Waals surface area contributed by atoms with Crippen LogP contribution in [0.25, 0.3) is 23.3 Å². The smallest absolute Gasteiger partial charge is 0.169 e. The Morgan fingerprint density at radius 2 is 0.900 bits per heavy atom. The van der Waals surface area contributed by atoms with Gasteiger partial charge in [-0.15, -0.1) is 0 Å². The molecule has 6 heteroatoms. The van der Waals surface area contributed by atoms with Crippen LogP contribution >= 0.6 is 21.6 Å². The van der Waals surface area contributed by atoms with Gasteiger partial charge in [0.2, 0.25) is 0 Å². The van der Waals surface area contributed by atoms with Gasteiger partial charge in [0.15, 0.2) is 37.9 Å². The van der Waals surface area contributed by atoms with Crippen molar-refractivity contribution in [3.05, 3.63) is 118 Å². The molecule has 0 radical (unpaired) electrons. The van der Waals surface area contributed by atoms with Gasteiger partial charge in [0, 0.05) is 61.8 Å². The molecule has 0 fully saturated rings. The number of allylic oxidation sites excluding steroid dienone is 2. The summed E-state index contributed by atoms with van der Waals surface area (Å²) >= 11 is 0. The normalized spacial score (nSPS) is 17.1. The predicted molar refractivity (Wildman–Crippen MR) is 216 cm³/mol. The van der Waals surface area contributed by atoms with E-state index in [4.69, 9.17) is 0 Å². The Bertz CT molecular complexity index is 1690. The maximum atomic E-state index is 2.63. The lowest BCUT2D eigenvalue weighted by Gasteiger charge is -2.37. The van der Waals surface area contributed by atoms with Crippen molar-refractivity contribution in [3.63, 3.8) is 0 Å². The molecule has 0 spiro atoms. The minimum absolute atomic E-state index is 1.03. The Morgan fingerprint density at radius 3 is 1.24 bits per heavy atom. The second-order valence-corrected chi connectivity index (χ2v) is 17.4. The lowest BCUT2D eigenvalue weighted by molar-refractivity contribution is -0.692. The average Bonchev–Trinajstić information content (AvgIpc) is 3.14. The fourth-order valence-corrected chi connectivity index (χ4v) is 10.6. The van der Waals surface area contributed by atoms with Gasteiger partial charge in [0.05, 0.1) is 11.5 Å². The molecule has 258 valence electrons. The number of anilines is 2. The quantitative estimate of drug-likeness (QED) is 0.0882. The van der Waals surface area contributed by atoms with Gasteiger partial charge in [0.1, 0.15) is 0 Å². The molecule has 0 saturated carbocycles. The van der Waals surface area contributed by atoms with Crippen molar-refractivity contribution in [2.45, 2.75) is 78.3 Å². The number of hydrogen-bond donors (Lipinski definition) is 0. The molecular formula is C44H52N4S2+2. The molecule has 0 atom stereocenters. The second-order valence-electron chi connectivity index (χ2n) is 14.7. The first-order chi connectivity index (χ1) is 24.6. The summed E-state index contributed by atoms with van der Waals surface area (Å²) in [5.41, 5.74) is 17.4. The van der Waals surface area contributed by atoms with Gasteiger partial charge in [-0.1, -0.05) is 33.7 Å². The molecule has 4 aliphatic heterocycles. The first kappa shape index (κ1) is 33.7. The first-order valence-electron chi connectivity index (χ1n) is 19.0. The molecule has 0 bridgehead atoms. The maximum Gasteiger partial charge on any atom is 0.169 e. The highest BCUT2D eigenvalue weighted by Gasteiger charge is 2.25. The van der Waals surface area contributed by atoms with Crippen molar-refractivity contribution in [1.29, 1.82) is 0 Å². The van der Waals surface area contributed by atoms with Crippen LogP contribution in [0.3, 0.4) is 0 Å². The fraction of sp³-hybridized carbons (Fsp3) is 0.409. The predicted octanol–water partition coefficient (Wildman–Crippen LogP) is 8.86. The molecule has 2 aromatic heterocycles. The molecule has 4 aliphatic rings. The van der Waals surface area contributed by atoms with Crippen molar-refractivity contribution in [2.75, 3.05) is 47.5 Å². The molecule has 0 unspecified atom stereocenters. The summed E-state index contributed by atoms with van der Waals surface area (Å²) in [5, 5.41) is 0. The van der Waals surface area contributed by atoms with Crippen LogP contribution in [0.1, 0.15) is 84.0 Å². The summed E-state index contributed by atoms with van der Waals surface area (Å²) in [6, 6.07) is 18.9. The van der Waals surface area contributed by atoms with Crippen molar-refractivity contribution in [2.24, 2.45) is 0 Å². The SMILES string of the molecule is C/C(=C\c1cc2c3c(c1)CCCN3CCC2)c1cc[n+](CCSSCC[n+]2ccc(/C(C)=C/c3cc4c5c(c3)CCCN5CCC4)cc2)cc1. The molecule has 0 N–H and O–H groups in total. The van der Waals surface area contributed by atoms with Gasteiger partial charge in [-0.3, -0.25) is 0 Å². The number of nitrogens with zero attached hydrogens (tertiary/aromatic N) is 4. The van der Waals surface area contributed by atoms with E-state index in [1.54, 1.807) is 33.6 Å². The molecule has 0 saturated heterocycles. The first-order valence-corrected chi connectivity index (χ1v) is 21.5. The van der Waals surface area contributed by atoms with Gasteiger partial charge in [-0.25, -0.2) is 9.13 Å². The Morgan fingerprint density at radius 1 is 0.560 bits per heavy atom. The lowest BCUT2D eigenvalue weighted by Crippen LogP contribution is -2.34.